The molecule has 0 spiro atoms. The Labute approximate surface area is 269 Å². The van der Waals surface area contributed by atoms with Crippen LogP contribution in [0.3, 0.4) is 0 Å². The number of carboxylic acids is 2. The van der Waals surface area contributed by atoms with Gasteiger partial charge in [0.25, 0.3) is 0 Å². The largest absolute Gasteiger partial charge is 1.00 e. The van der Waals surface area contributed by atoms with Crippen LogP contribution < -0.4 is 69.3 Å². The molecule has 38 heavy (non-hydrogen) atoms. The number of aliphatic carboxylic acids is 2. The second kappa shape index (κ2) is 18.6. The zero-order valence-electron chi connectivity index (χ0n) is 23.7. The molecule has 4 N–H and O–H groups in total. The molecule has 0 aromatic rings. The van der Waals surface area contributed by atoms with Gasteiger partial charge in [-0.05, 0) is 39.5 Å². The Kier molecular flexibility index (Phi) is 19.8. The molecule has 6 atom stereocenters. The van der Waals surface area contributed by atoms with Crippen LogP contribution >= 0.6 is 0 Å². The van der Waals surface area contributed by atoms with Crippen LogP contribution in [0.15, 0.2) is 0 Å². The number of unbranched alkanes of at least 4 members (excludes halogenated alkanes) is 4. The molecule has 1 unspecified atom stereocenters. The van der Waals surface area contributed by atoms with Crippen LogP contribution in [-0.4, -0.2) is 75.1 Å². The third kappa shape index (κ3) is 13.2. The van der Waals surface area contributed by atoms with E-state index in [4.69, 9.17) is 9.47 Å². The first kappa shape index (κ1) is 40.3. The second-order valence-electron chi connectivity index (χ2n) is 11.0. The number of hydrogen-bond acceptors (Lipinski definition) is 11. The van der Waals surface area contributed by atoms with Gasteiger partial charge in [0, 0.05) is 11.4 Å². The minimum Gasteiger partial charge on any atom is -0.550 e. The van der Waals surface area contributed by atoms with Gasteiger partial charge in [-0.2, -0.15) is 0 Å². The average molecular weight is 565 g/mol. The van der Waals surface area contributed by atoms with Crippen molar-refractivity contribution in [2.45, 2.75) is 129 Å². The summed E-state index contributed by atoms with van der Waals surface area (Å²) in [4.78, 5) is 34.7. The maximum absolute atomic E-state index is 12.6. The molecule has 0 amide bonds. The second-order valence-corrected chi connectivity index (χ2v) is 11.0. The molecular formula is C25H42Na2O11. The van der Waals surface area contributed by atoms with Crippen molar-refractivity contribution in [3.63, 3.8) is 0 Å². The number of carbonyl (C=O) groups is 3. The van der Waals surface area contributed by atoms with Crippen LogP contribution in [0.1, 0.15) is 91.9 Å². The maximum Gasteiger partial charge on any atom is 1.00 e. The van der Waals surface area contributed by atoms with E-state index in [-0.39, 0.29) is 59.1 Å². The summed E-state index contributed by atoms with van der Waals surface area (Å²) in [6.45, 7) is 6.55. The Morgan fingerprint density at radius 3 is 1.71 bits per heavy atom. The Bertz CT molecular complexity index is 732. The summed E-state index contributed by atoms with van der Waals surface area (Å²) in [7, 11) is 0. The summed E-state index contributed by atoms with van der Waals surface area (Å²) in [6.07, 6.45) is -3.01. The van der Waals surface area contributed by atoms with E-state index in [2.05, 4.69) is 0 Å². The summed E-state index contributed by atoms with van der Waals surface area (Å²) < 4.78 is 10.0. The van der Waals surface area contributed by atoms with Crippen LogP contribution in [0.2, 0.25) is 0 Å². The van der Waals surface area contributed by atoms with Crippen LogP contribution in [0.5, 0.6) is 0 Å². The molecule has 0 aromatic heterocycles. The van der Waals surface area contributed by atoms with Gasteiger partial charge in [-0.25, -0.2) is 0 Å². The Morgan fingerprint density at radius 1 is 0.789 bits per heavy atom. The Hall–Kier alpha value is 0.210. The smallest absolute Gasteiger partial charge is 0.550 e. The van der Waals surface area contributed by atoms with Gasteiger partial charge in [-0.15, -0.1) is 0 Å². The summed E-state index contributed by atoms with van der Waals surface area (Å²) in [5, 5.41) is 61.7. The molecule has 0 aromatic carbocycles. The molecule has 210 valence electrons. The predicted octanol–water partition coefficient (Wildman–Crippen LogP) is -6.84. The monoisotopic (exact) mass is 564 g/mol. The van der Waals surface area contributed by atoms with E-state index < -0.39 is 65.5 Å². The summed E-state index contributed by atoms with van der Waals surface area (Å²) in [5.74, 6) is -3.62. The van der Waals surface area contributed by atoms with Crippen molar-refractivity contribution in [2.75, 3.05) is 0 Å². The Balaban J connectivity index is 0. The van der Waals surface area contributed by atoms with Crippen molar-refractivity contribution in [3.05, 3.63) is 0 Å². The molecule has 11 nitrogen and oxygen atoms in total. The van der Waals surface area contributed by atoms with Crippen molar-refractivity contribution < 1.29 is 114 Å². The predicted molar refractivity (Wildman–Crippen MR) is 123 cm³/mol. The van der Waals surface area contributed by atoms with Gasteiger partial charge in [-0.3, -0.25) is 4.79 Å². The van der Waals surface area contributed by atoms with E-state index in [0.29, 0.717) is 32.1 Å². The van der Waals surface area contributed by atoms with Crippen molar-refractivity contribution in [1.82, 2.24) is 0 Å². The molecule has 1 heterocycles. The maximum atomic E-state index is 12.6. The van der Waals surface area contributed by atoms with E-state index in [1.54, 1.807) is 27.7 Å². The van der Waals surface area contributed by atoms with Gasteiger partial charge in [0.2, 0.25) is 6.29 Å². The van der Waals surface area contributed by atoms with Gasteiger partial charge in [0.05, 0.1) is 17.5 Å². The van der Waals surface area contributed by atoms with E-state index >= 15 is 0 Å². The summed E-state index contributed by atoms with van der Waals surface area (Å²) >= 11 is 0. The molecule has 0 bridgehead atoms. The third-order valence-corrected chi connectivity index (χ3v) is 6.81. The molecule has 1 aliphatic heterocycles. The number of aliphatic hydroxyl groups is 4. The summed E-state index contributed by atoms with van der Waals surface area (Å²) in [6, 6.07) is 0. The van der Waals surface area contributed by atoms with Gasteiger partial charge in [0.15, 0.2) is 0 Å². The average Bonchev–Trinajstić information content (AvgIpc) is 2.78. The van der Waals surface area contributed by atoms with Crippen LogP contribution in [-0.2, 0) is 23.9 Å². The van der Waals surface area contributed by atoms with E-state index in [9.17, 15) is 45.0 Å². The molecule has 0 aliphatic carbocycles. The first-order chi connectivity index (χ1) is 16.6. The quantitative estimate of drug-likeness (QED) is 0.0790. The van der Waals surface area contributed by atoms with Gasteiger partial charge in [-0.1, -0.05) is 52.4 Å². The number of esters is 1. The first-order valence-electron chi connectivity index (χ1n) is 12.6. The molecule has 1 rings (SSSR count). The molecule has 0 saturated carbocycles. The third-order valence-electron chi connectivity index (χ3n) is 6.81. The Morgan fingerprint density at radius 2 is 1.26 bits per heavy atom. The number of carboxylic acid groups (broad SMARTS) is 2. The fourth-order valence-electron chi connectivity index (χ4n) is 4.00. The molecule has 0 radical (unpaired) electrons. The van der Waals surface area contributed by atoms with Crippen molar-refractivity contribution in [3.8, 4) is 0 Å². The van der Waals surface area contributed by atoms with Gasteiger partial charge >= 0.3 is 65.1 Å². The minimum absolute atomic E-state index is 0. The van der Waals surface area contributed by atoms with Crippen molar-refractivity contribution in [2.24, 2.45) is 10.8 Å². The molecule has 13 heteroatoms. The fourth-order valence-corrected chi connectivity index (χ4v) is 4.00. The molecule has 1 saturated heterocycles. The normalized spacial score (nSPS) is 24.5. The molecular weight excluding hydrogens is 522 g/mol. The standard InChI is InChI=1S/C25H44O11.2Na/c1-24(2,22(32)33)13-9-5-7-11-15(26)12-8-6-10-14-25(3,4)23(34)36-21-18(29)16(27)17(28)19(35-21)20(30)31;;/h15-19,21,26-29H,5-14H2,1-4H3,(H,30,31)(H,32,33);;/q;2*+1/p-2/t15?,16-,17-,18+,19-,21-;;/m0../s1. The SMILES string of the molecule is CC(C)(CCCCCC(O)CCCCCC(C)(C)C(=O)O[C@@H]1O[C@H](C(=O)[O-])[C@@H](O)[C@H](O)[C@H]1O)C(=O)[O-].[Na+].[Na+]. The van der Waals surface area contributed by atoms with E-state index in [0.717, 1.165) is 32.1 Å². The number of carbonyl (C=O) groups excluding carboxylic acids is 3. The number of rotatable bonds is 16. The van der Waals surface area contributed by atoms with Crippen molar-refractivity contribution in [1.29, 1.82) is 0 Å². The topological polar surface area (TPSA) is 197 Å². The van der Waals surface area contributed by atoms with Crippen LogP contribution in [0, 0.1) is 10.8 Å². The zero-order chi connectivity index (χ0) is 27.7. The van der Waals surface area contributed by atoms with E-state index in [1.165, 1.54) is 0 Å². The van der Waals surface area contributed by atoms with Crippen molar-refractivity contribution >= 4 is 17.9 Å². The zero-order valence-corrected chi connectivity index (χ0v) is 27.7. The first-order valence-corrected chi connectivity index (χ1v) is 12.6. The minimum atomic E-state index is -1.95. The molecule has 1 aliphatic rings. The van der Waals surface area contributed by atoms with Crippen LogP contribution in [0.4, 0.5) is 0 Å². The number of ether oxygens (including phenoxy) is 2. The number of hydrogen-bond donors (Lipinski definition) is 4. The fraction of sp³-hybridized carbons (Fsp3) is 0.880. The molecule has 1 fully saturated rings. The van der Waals surface area contributed by atoms with Crippen LogP contribution in [0.25, 0.3) is 0 Å². The number of aliphatic hydroxyl groups excluding tert-OH is 4. The van der Waals surface area contributed by atoms with Gasteiger partial charge in [0.1, 0.15) is 24.4 Å². The summed E-state index contributed by atoms with van der Waals surface area (Å²) in [5.41, 5.74) is -1.83. The van der Waals surface area contributed by atoms with E-state index in [1.807, 2.05) is 0 Å². The van der Waals surface area contributed by atoms with Gasteiger partial charge < -0.3 is 49.7 Å².